The monoisotopic (exact) mass is 248 g/mol. The van der Waals surface area contributed by atoms with Crippen molar-refractivity contribution in [3.8, 4) is 11.8 Å². The number of nitrogens with zero attached hydrogens (tertiary/aromatic N) is 2. The minimum Gasteiger partial charge on any atom is -0.457 e. The van der Waals surface area contributed by atoms with E-state index in [2.05, 4.69) is 11.3 Å². The van der Waals surface area contributed by atoms with Gasteiger partial charge in [-0.15, -0.1) is 0 Å². The smallest absolute Gasteiger partial charge is 0.351 e. The molecule has 0 heterocycles. The zero-order valence-electron chi connectivity index (χ0n) is 9.16. The molecule has 0 aliphatic rings. The Balaban J connectivity index is 2.52. The quantitative estimate of drug-likeness (QED) is 0.195. The normalized spacial score (nSPS) is 9.06. The summed E-state index contributed by atoms with van der Waals surface area (Å²) in [5, 5.41) is 18.8. The second-order valence-corrected chi connectivity index (χ2v) is 3.04. The van der Waals surface area contributed by atoms with Crippen LogP contribution in [0.1, 0.15) is 0 Å². The van der Waals surface area contributed by atoms with Gasteiger partial charge in [-0.2, -0.15) is 5.26 Å². The van der Waals surface area contributed by atoms with Crippen LogP contribution in [-0.2, 0) is 9.53 Å². The highest BCUT2D eigenvalue weighted by atomic mass is 16.7. The molecule has 0 N–H and O–H groups in total. The zero-order valence-corrected chi connectivity index (χ0v) is 9.16. The van der Waals surface area contributed by atoms with E-state index in [9.17, 15) is 14.9 Å². The molecule has 1 aromatic rings. The van der Waals surface area contributed by atoms with E-state index in [-0.39, 0.29) is 17.0 Å². The Kier molecular flexibility index (Phi) is 4.40. The second kappa shape index (κ2) is 6.00. The van der Waals surface area contributed by atoms with Crippen LogP contribution in [0.5, 0.6) is 5.75 Å². The summed E-state index contributed by atoms with van der Waals surface area (Å²) < 4.78 is 9.51. The van der Waals surface area contributed by atoms with Crippen molar-refractivity contribution in [2.45, 2.75) is 0 Å². The first-order valence-electron chi connectivity index (χ1n) is 4.68. The molecule has 0 spiro atoms. The number of hydrogen-bond donors (Lipinski definition) is 0. The van der Waals surface area contributed by atoms with Crippen LogP contribution in [0, 0.1) is 21.4 Å². The summed E-state index contributed by atoms with van der Waals surface area (Å²) in [6.07, 6.45) is 0. The molecule has 0 aliphatic carbocycles. The maximum absolute atomic E-state index is 11.0. The van der Waals surface area contributed by atoms with Gasteiger partial charge in [0.2, 0.25) is 6.79 Å². The molecule has 0 radical (unpaired) electrons. The average Bonchev–Trinajstić information content (AvgIpc) is 2.38. The number of ether oxygens (including phenoxy) is 2. The fraction of sp³-hybridized carbons (Fsp3) is 0.0909. The number of nitro groups is 1. The molecule has 0 saturated carbocycles. The molecule has 1 rings (SSSR count). The Morgan fingerprint density at radius 1 is 1.56 bits per heavy atom. The standard InChI is InChI=1S/C11H8N2O5/c1-8(6-12)11(14)18-7-17-10-4-2-3-9(5-10)13(15)16/h2-5H,1,7H2. The van der Waals surface area contributed by atoms with Crippen molar-refractivity contribution >= 4 is 11.7 Å². The molecule has 0 saturated heterocycles. The molecule has 0 fully saturated rings. The fourth-order valence-electron chi connectivity index (χ4n) is 0.971. The minimum atomic E-state index is -0.900. The topological polar surface area (TPSA) is 102 Å². The minimum absolute atomic E-state index is 0.139. The third-order valence-electron chi connectivity index (χ3n) is 1.83. The van der Waals surface area contributed by atoms with Crippen LogP contribution in [0.15, 0.2) is 36.4 Å². The van der Waals surface area contributed by atoms with E-state index < -0.39 is 17.7 Å². The van der Waals surface area contributed by atoms with Crippen LogP contribution in [-0.4, -0.2) is 17.7 Å². The van der Waals surface area contributed by atoms with Crippen LogP contribution in [0.3, 0.4) is 0 Å². The molecule has 0 amide bonds. The molecule has 0 aliphatic heterocycles. The number of nitriles is 1. The summed E-state index contributed by atoms with van der Waals surface area (Å²) >= 11 is 0. The van der Waals surface area contributed by atoms with Crippen molar-refractivity contribution in [1.82, 2.24) is 0 Å². The van der Waals surface area contributed by atoms with E-state index >= 15 is 0 Å². The molecule has 18 heavy (non-hydrogen) atoms. The van der Waals surface area contributed by atoms with Crippen LogP contribution in [0.4, 0.5) is 5.69 Å². The van der Waals surface area contributed by atoms with E-state index in [1.807, 2.05) is 0 Å². The predicted octanol–water partition coefficient (Wildman–Crippen LogP) is 1.55. The van der Waals surface area contributed by atoms with Gasteiger partial charge in [-0.25, -0.2) is 4.79 Å². The van der Waals surface area contributed by atoms with Crippen LogP contribution in [0.2, 0.25) is 0 Å². The Hall–Kier alpha value is -2.88. The Morgan fingerprint density at radius 2 is 2.28 bits per heavy atom. The lowest BCUT2D eigenvalue weighted by molar-refractivity contribution is -0.384. The number of nitro benzene ring substituents is 1. The van der Waals surface area contributed by atoms with Gasteiger partial charge in [-0.05, 0) is 6.07 Å². The Bertz CT molecular complexity index is 532. The van der Waals surface area contributed by atoms with E-state index in [0.717, 1.165) is 0 Å². The summed E-state index contributed by atoms with van der Waals surface area (Å²) in [4.78, 5) is 20.9. The summed E-state index contributed by atoms with van der Waals surface area (Å²) in [5.41, 5.74) is -0.488. The maximum Gasteiger partial charge on any atom is 0.351 e. The highest BCUT2D eigenvalue weighted by molar-refractivity contribution is 5.91. The van der Waals surface area contributed by atoms with E-state index in [4.69, 9.17) is 10.00 Å². The number of benzene rings is 1. The molecule has 1 aromatic carbocycles. The highest BCUT2D eigenvalue weighted by Crippen LogP contribution is 2.18. The fourth-order valence-corrected chi connectivity index (χ4v) is 0.971. The summed E-state index contributed by atoms with van der Waals surface area (Å²) in [7, 11) is 0. The number of hydrogen-bond acceptors (Lipinski definition) is 6. The summed E-state index contributed by atoms with van der Waals surface area (Å²) in [5.74, 6) is -0.720. The first kappa shape index (κ1) is 13.2. The van der Waals surface area contributed by atoms with Crippen molar-refractivity contribution in [3.05, 3.63) is 46.5 Å². The lowest BCUT2D eigenvalue weighted by Crippen LogP contribution is -2.11. The molecule has 92 valence electrons. The molecular formula is C11H8N2O5. The first-order chi connectivity index (χ1) is 8.54. The Morgan fingerprint density at radius 3 is 2.89 bits per heavy atom. The van der Waals surface area contributed by atoms with E-state index in [1.54, 1.807) is 0 Å². The molecule has 0 aromatic heterocycles. The van der Waals surface area contributed by atoms with Gasteiger partial charge in [0, 0.05) is 6.07 Å². The lowest BCUT2D eigenvalue weighted by Gasteiger charge is -2.06. The van der Waals surface area contributed by atoms with Crippen molar-refractivity contribution < 1.29 is 19.2 Å². The average molecular weight is 248 g/mol. The molecule has 7 nitrogen and oxygen atoms in total. The van der Waals surface area contributed by atoms with Gasteiger partial charge >= 0.3 is 5.97 Å². The van der Waals surface area contributed by atoms with Gasteiger partial charge in [0.15, 0.2) is 0 Å². The molecule has 0 atom stereocenters. The largest absolute Gasteiger partial charge is 0.457 e. The van der Waals surface area contributed by atoms with Gasteiger partial charge in [0.05, 0.1) is 11.0 Å². The lowest BCUT2D eigenvalue weighted by atomic mass is 10.3. The van der Waals surface area contributed by atoms with Crippen molar-refractivity contribution in [3.63, 3.8) is 0 Å². The summed E-state index contributed by atoms with van der Waals surface area (Å²) in [6, 6.07) is 6.92. The van der Waals surface area contributed by atoms with Gasteiger partial charge in [0.25, 0.3) is 5.69 Å². The Labute approximate surface area is 102 Å². The van der Waals surface area contributed by atoms with Crippen molar-refractivity contribution in [2.24, 2.45) is 0 Å². The number of rotatable bonds is 5. The van der Waals surface area contributed by atoms with Gasteiger partial charge < -0.3 is 9.47 Å². The molecule has 0 unspecified atom stereocenters. The third kappa shape index (κ3) is 3.61. The highest BCUT2D eigenvalue weighted by Gasteiger charge is 2.09. The predicted molar refractivity (Wildman–Crippen MR) is 59.4 cm³/mol. The third-order valence-corrected chi connectivity index (χ3v) is 1.83. The van der Waals surface area contributed by atoms with Crippen LogP contribution >= 0.6 is 0 Å². The number of non-ortho nitro benzene ring substituents is 1. The van der Waals surface area contributed by atoms with E-state index in [0.29, 0.717) is 0 Å². The number of esters is 1. The van der Waals surface area contributed by atoms with Crippen molar-refractivity contribution in [1.29, 1.82) is 5.26 Å². The second-order valence-electron chi connectivity index (χ2n) is 3.04. The summed E-state index contributed by atoms with van der Waals surface area (Å²) in [6.45, 7) is 2.70. The molecule has 0 bridgehead atoms. The number of carbonyl (C=O) groups is 1. The van der Waals surface area contributed by atoms with Crippen LogP contribution in [0.25, 0.3) is 0 Å². The molecular weight excluding hydrogens is 240 g/mol. The van der Waals surface area contributed by atoms with Gasteiger partial charge in [-0.1, -0.05) is 12.6 Å². The van der Waals surface area contributed by atoms with Gasteiger partial charge in [0.1, 0.15) is 17.4 Å². The first-order valence-corrected chi connectivity index (χ1v) is 4.68. The van der Waals surface area contributed by atoms with Gasteiger partial charge in [-0.3, -0.25) is 10.1 Å². The maximum atomic E-state index is 11.0. The van der Waals surface area contributed by atoms with Crippen molar-refractivity contribution in [2.75, 3.05) is 6.79 Å². The van der Waals surface area contributed by atoms with E-state index in [1.165, 1.54) is 30.3 Å². The number of carbonyl (C=O) groups excluding carboxylic acids is 1. The van der Waals surface area contributed by atoms with Crippen LogP contribution < -0.4 is 4.74 Å². The SMILES string of the molecule is C=C(C#N)C(=O)OCOc1cccc([N+](=O)[O-])c1. The molecule has 7 heteroatoms. The zero-order chi connectivity index (χ0) is 13.5.